The lowest BCUT2D eigenvalue weighted by molar-refractivity contribution is -0.122. The average Bonchev–Trinajstić information content (AvgIpc) is 2.93. The largest absolute Gasteiger partial charge is 0.366 e. The Labute approximate surface area is 112 Å². The molecule has 4 N–H and O–H groups in total. The third-order valence-corrected chi connectivity index (χ3v) is 3.30. The van der Waals surface area contributed by atoms with Crippen LogP contribution < -0.4 is 16.4 Å². The van der Waals surface area contributed by atoms with Crippen LogP contribution in [0.5, 0.6) is 0 Å². The molecule has 1 unspecified atom stereocenters. The van der Waals surface area contributed by atoms with Gasteiger partial charge in [-0.15, -0.1) is 0 Å². The summed E-state index contributed by atoms with van der Waals surface area (Å²) < 4.78 is 0. The fraction of sp³-hybridized carbons (Fsp3) is 0.429. The summed E-state index contributed by atoms with van der Waals surface area (Å²) in [4.78, 5) is 22.8. The highest BCUT2D eigenvalue weighted by Gasteiger charge is 2.21. The highest BCUT2D eigenvalue weighted by Crippen LogP contribution is 2.06. The SMILES string of the molecule is NC(=O)c1cccc(CCNC(=O)C2CCCN2)c1. The van der Waals surface area contributed by atoms with Crippen LogP contribution in [0.1, 0.15) is 28.8 Å². The number of nitrogens with two attached hydrogens (primary N) is 1. The number of hydrogen-bond acceptors (Lipinski definition) is 3. The van der Waals surface area contributed by atoms with E-state index in [0.717, 1.165) is 24.9 Å². The van der Waals surface area contributed by atoms with Crippen LogP contribution in [0.3, 0.4) is 0 Å². The van der Waals surface area contributed by atoms with Crippen molar-refractivity contribution in [2.45, 2.75) is 25.3 Å². The van der Waals surface area contributed by atoms with E-state index in [0.29, 0.717) is 18.5 Å². The van der Waals surface area contributed by atoms with Crippen molar-refractivity contribution in [2.24, 2.45) is 5.73 Å². The Morgan fingerprint density at radius 1 is 1.42 bits per heavy atom. The minimum absolute atomic E-state index is 0.0445. The van der Waals surface area contributed by atoms with Gasteiger partial charge in [-0.05, 0) is 43.5 Å². The molecule has 1 aliphatic heterocycles. The number of amides is 2. The van der Waals surface area contributed by atoms with Crippen LogP contribution in [-0.4, -0.2) is 30.9 Å². The molecule has 1 aliphatic rings. The fourth-order valence-corrected chi connectivity index (χ4v) is 2.24. The van der Waals surface area contributed by atoms with Gasteiger partial charge in [0, 0.05) is 12.1 Å². The maximum Gasteiger partial charge on any atom is 0.248 e. The summed E-state index contributed by atoms with van der Waals surface area (Å²) in [5.74, 6) is -0.371. The summed E-state index contributed by atoms with van der Waals surface area (Å²) in [6.45, 7) is 1.48. The Kier molecular flexibility index (Phi) is 4.52. The summed E-state index contributed by atoms with van der Waals surface area (Å²) in [6, 6.07) is 7.13. The van der Waals surface area contributed by atoms with Crippen LogP contribution in [0.4, 0.5) is 0 Å². The van der Waals surface area contributed by atoms with Crippen molar-refractivity contribution in [1.82, 2.24) is 10.6 Å². The first kappa shape index (κ1) is 13.5. The smallest absolute Gasteiger partial charge is 0.248 e. The van der Waals surface area contributed by atoms with Crippen molar-refractivity contribution in [3.05, 3.63) is 35.4 Å². The molecule has 0 bridgehead atoms. The minimum atomic E-state index is -0.430. The first-order valence-electron chi connectivity index (χ1n) is 6.56. The maximum absolute atomic E-state index is 11.8. The standard InChI is InChI=1S/C14H19N3O2/c15-13(18)11-4-1-3-10(9-11)6-8-17-14(19)12-5-2-7-16-12/h1,3-4,9,12,16H,2,5-8H2,(H2,15,18)(H,17,19). The van der Waals surface area contributed by atoms with E-state index in [9.17, 15) is 9.59 Å². The average molecular weight is 261 g/mol. The molecular formula is C14H19N3O2. The number of carbonyl (C=O) groups is 2. The van der Waals surface area contributed by atoms with Gasteiger partial charge in [0.05, 0.1) is 6.04 Å². The molecule has 1 fully saturated rings. The second-order valence-electron chi connectivity index (χ2n) is 4.75. The molecule has 0 saturated carbocycles. The molecule has 5 nitrogen and oxygen atoms in total. The molecule has 2 rings (SSSR count). The highest BCUT2D eigenvalue weighted by molar-refractivity contribution is 5.92. The summed E-state index contributed by atoms with van der Waals surface area (Å²) in [5.41, 5.74) is 6.72. The van der Waals surface area contributed by atoms with Gasteiger partial charge in [0.15, 0.2) is 0 Å². The van der Waals surface area contributed by atoms with Crippen LogP contribution in [0, 0.1) is 0 Å². The van der Waals surface area contributed by atoms with E-state index in [-0.39, 0.29) is 11.9 Å². The molecule has 0 aliphatic carbocycles. The summed E-state index contributed by atoms with van der Waals surface area (Å²) in [7, 11) is 0. The molecule has 1 aromatic rings. The van der Waals surface area contributed by atoms with E-state index in [2.05, 4.69) is 10.6 Å². The number of primary amides is 1. The molecule has 1 aromatic carbocycles. The molecule has 1 saturated heterocycles. The molecule has 2 amide bonds. The Morgan fingerprint density at radius 3 is 2.95 bits per heavy atom. The van der Waals surface area contributed by atoms with Crippen LogP contribution in [0.2, 0.25) is 0 Å². The molecule has 1 heterocycles. The first-order valence-corrected chi connectivity index (χ1v) is 6.56. The summed E-state index contributed by atoms with van der Waals surface area (Å²) in [5, 5.41) is 6.06. The van der Waals surface area contributed by atoms with Gasteiger partial charge < -0.3 is 16.4 Å². The van der Waals surface area contributed by atoms with E-state index in [1.807, 2.05) is 6.07 Å². The van der Waals surface area contributed by atoms with Gasteiger partial charge in [-0.2, -0.15) is 0 Å². The van der Waals surface area contributed by atoms with Crippen molar-refractivity contribution in [1.29, 1.82) is 0 Å². The summed E-state index contributed by atoms with van der Waals surface area (Å²) >= 11 is 0. The lowest BCUT2D eigenvalue weighted by Gasteiger charge is -2.11. The molecule has 1 atom stereocenters. The third kappa shape index (κ3) is 3.79. The van der Waals surface area contributed by atoms with Gasteiger partial charge in [-0.1, -0.05) is 12.1 Å². The lowest BCUT2D eigenvalue weighted by Crippen LogP contribution is -2.41. The zero-order valence-electron chi connectivity index (χ0n) is 10.8. The number of carbonyl (C=O) groups excluding carboxylic acids is 2. The number of benzene rings is 1. The summed E-state index contributed by atoms with van der Waals surface area (Å²) in [6.07, 6.45) is 2.65. The lowest BCUT2D eigenvalue weighted by atomic mass is 10.1. The topological polar surface area (TPSA) is 84.2 Å². The zero-order chi connectivity index (χ0) is 13.7. The Bertz CT molecular complexity index is 468. The second kappa shape index (κ2) is 6.33. The highest BCUT2D eigenvalue weighted by atomic mass is 16.2. The van der Waals surface area contributed by atoms with Gasteiger partial charge in [-0.25, -0.2) is 0 Å². The van der Waals surface area contributed by atoms with Gasteiger partial charge in [0.1, 0.15) is 0 Å². The number of nitrogens with one attached hydrogen (secondary N) is 2. The Hall–Kier alpha value is -1.88. The van der Waals surface area contributed by atoms with Crippen LogP contribution >= 0.6 is 0 Å². The Balaban J connectivity index is 1.80. The molecular weight excluding hydrogens is 242 g/mol. The number of hydrogen-bond donors (Lipinski definition) is 3. The molecule has 5 heteroatoms. The molecule has 102 valence electrons. The fourth-order valence-electron chi connectivity index (χ4n) is 2.24. The van der Waals surface area contributed by atoms with Crippen molar-refractivity contribution in [2.75, 3.05) is 13.1 Å². The van der Waals surface area contributed by atoms with Crippen LogP contribution in [0.15, 0.2) is 24.3 Å². The van der Waals surface area contributed by atoms with Crippen molar-refractivity contribution < 1.29 is 9.59 Å². The normalized spacial score (nSPS) is 18.2. The van der Waals surface area contributed by atoms with Crippen molar-refractivity contribution >= 4 is 11.8 Å². The van der Waals surface area contributed by atoms with Gasteiger partial charge in [0.25, 0.3) is 0 Å². The van der Waals surface area contributed by atoms with Gasteiger partial charge in [-0.3, -0.25) is 9.59 Å². The van der Waals surface area contributed by atoms with Crippen LogP contribution in [0.25, 0.3) is 0 Å². The molecule has 0 aromatic heterocycles. The van der Waals surface area contributed by atoms with Gasteiger partial charge >= 0.3 is 0 Å². The predicted octanol–water partition coefficient (Wildman–Crippen LogP) is 0.196. The molecule has 0 radical (unpaired) electrons. The van der Waals surface area contributed by atoms with E-state index in [1.165, 1.54) is 0 Å². The van der Waals surface area contributed by atoms with Crippen molar-refractivity contribution in [3.8, 4) is 0 Å². The maximum atomic E-state index is 11.8. The monoisotopic (exact) mass is 261 g/mol. The van der Waals surface area contributed by atoms with Gasteiger partial charge in [0.2, 0.25) is 11.8 Å². The first-order chi connectivity index (χ1) is 9.16. The van der Waals surface area contributed by atoms with E-state index in [1.54, 1.807) is 18.2 Å². The quantitative estimate of drug-likeness (QED) is 0.707. The van der Waals surface area contributed by atoms with E-state index >= 15 is 0 Å². The third-order valence-electron chi connectivity index (χ3n) is 3.30. The van der Waals surface area contributed by atoms with Crippen molar-refractivity contribution in [3.63, 3.8) is 0 Å². The predicted molar refractivity (Wildman–Crippen MR) is 72.7 cm³/mol. The van der Waals surface area contributed by atoms with E-state index < -0.39 is 5.91 Å². The zero-order valence-corrected chi connectivity index (χ0v) is 10.8. The van der Waals surface area contributed by atoms with E-state index in [4.69, 9.17) is 5.73 Å². The minimum Gasteiger partial charge on any atom is -0.366 e. The molecule has 0 spiro atoms. The second-order valence-corrected chi connectivity index (χ2v) is 4.75. The van der Waals surface area contributed by atoms with Crippen LogP contribution in [-0.2, 0) is 11.2 Å². The molecule has 19 heavy (non-hydrogen) atoms. The Morgan fingerprint density at radius 2 is 2.26 bits per heavy atom. The number of rotatable bonds is 5.